The quantitative estimate of drug-likeness (QED) is 0.710. The molecule has 0 aliphatic rings. The normalized spacial score (nSPS) is 12.0. The Morgan fingerprint density at radius 3 is 2.57 bits per heavy atom. The van der Waals surface area contributed by atoms with Crippen molar-refractivity contribution in [1.82, 2.24) is 0 Å². The molecule has 1 heterocycles. The number of carboxylic acids is 1. The van der Waals surface area contributed by atoms with E-state index in [0.29, 0.717) is 18.1 Å². The molecule has 0 saturated carbocycles. The van der Waals surface area contributed by atoms with Crippen LogP contribution < -0.4 is 4.74 Å². The predicted octanol–water partition coefficient (Wildman–Crippen LogP) is 3.39. The zero-order valence-corrected chi connectivity index (χ0v) is 13.8. The van der Waals surface area contributed by atoms with Crippen LogP contribution in [0.2, 0.25) is 0 Å². The summed E-state index contributed by atoms with van der Waals surface area (Å²) in [5.41, 5.74) is 1.19. The van der Waals surface area contributed by atoms with Gasteiger partial charge in [0, 0.05) is 16.6 Å². The van der Waals surface area contributed by atoms with Crippen LogP contribution in [-0.2, 0) is 16.6 Å². The molecular formula is C17H20O5S. The van der Waals surface area contributed by atoms with Gasteiger partial charge in [-0.15, -0.1) is 0 Å². The molecule has 1 atom stereocenters. The topological polar surface area (TPSA) is 76.7 Å². The van der Waals surface area contributed by atoms with Gasteiger partial charge >= 0.3 is 5.97 Å². The Morgan fingerprint density at radius 1 is 1.17 bits per heavy atom. The highest BCUT2D eigenvalue weighted by Gasteiger charge is 2.11. The number of rotatable bonds is 9. The Morgan fingerprint density at radius 2 is 1.91 bits per heavy atom. The zero-order chi connectivity index (χ0) is 16.7. The number of unbranched alkanes of at least 4 members (excludes halogenated alkanes) is 1. The molecule has 0 aliphatic heterocycles. The molecule has 0 aliphatic carbocycles. The summed E-state index contributed by atoms with van der Waals surface area (Å²) in [6, 6.07) is 10.8. The largest absolute Gasteiger partial charge is 0.494 e. The molecule has 0 fully saturated rings. The molecular weight excluding hydrogens is 316 g/mol. The van der Waals surface area contributed by atoms with Crippen LogP contribution in [0, 0.1) is 6.92 Å². The van der Waals surface area contributed by atoms with Crippen molar-refractivity contribution in [2.75, 3.05) is 12.4 Å². The third-order valence-corrected chi connectivity index (χ3v) is 4.58. The Hall–Kier alpha value is -2.08. The molecule has 1 aromatic heterocycles. The summed E-state index contributed by atoms with van der Waals surface area (Å²) in [6.07, 6.45) is 1.60. The number of furan rings is 1. The smallest absolute Gasteiger partial charge is 0.371 e. The number of aromatic carboxylic acids is 1. The summed E-state index contributed by atoms with van der Waals surface area (Å²) in [5.74, 6) is 0.829. The molecule has 124 valence electrons. The molecule has 1 unspecified atom stereocenters. The molecule has 0 saturated heterocycles. The van der Waals surface area contributed by atoms with Crippen molar-refractivity contribution in [3.05, 3.63) is 53.5 Å². The number of carbonyl (C=O) groups is 1. The fourth-order valence-corrected chi connectivity index (χ4v) is 3.13. The summed E-state index contributed by atoms with van der Waals surface area (Å²) < 4.78 is 22.6. The van der Waals surface area contributed by atoms with Crippen LogP contribution in [0.4, 0.5) is 0 Å². The average molecular weight is 336 g/mol. The third-order valence-electron chi connectivity index (χ3n) is 3.23. The maximum absolute atomic E-state index is 11.9. The first kappa shape index (κ1) is 17.3. The molecule has 2 rings (SSSR count). The second-order valence-electron chi connectivity index (χ2n) is 5.23. The van der Waals surface area contributed by atoms with Gasteiger partial charge in [-0.25, -0.2) is 4.79 Å². The first-order chi connectivity index (χ1) is 11.0. The van der Waals surface area contributed by atoms with Crippen molar-refractivity contribution < 1.29 is 23.3 Å². The highest BCUT2D eigenvalue weighted by atomic mass is 32.2. The third kappa shape index (κ3) is 5.90. The maximum atomic E-state index is 11.9. The van der Waals surface area contributed by atoms with Crippen molar-refractivity contribution in [2.24, 2.45) is 0 Å². The van der Waals surface area contributed by atoms with Gasteiger partial charge in [-0.05, 0) is 44.0 Å². The van der Waals surface area contributed by atoms with Crippen LogP contribution >= 0.6 is 0 Å². The van der Waals surface area contributed by atoms with Gasteiger partial charge in [-0.2, -0.15) is 0 Å². The minimum Gasteiger partial charge on any atom is -0.494 e. The molecule has 23 heavy (non-hydrogen) atoms. The van der Waals surface area contributed by atoms with Gasteiger partial charge in [-0.3, -0.25) is 4.21 Å². The van der Waals surface area contributed by atoms with Crippen molar-refractivity contribution >= 4 is 16.8 Å². The van der Waals surface area contributed by atoms with Gasteiger partial charge in [0.05, 0.1) is 12.4 Å². The van der Waals surface area contributed by atoms with Crippen LogP contribution in [0.3, 0.4) is 0 Å². The fraction of sp³-hybridized carbons (Fsp3) is 0.353. The molecule has 0 spiro atoms. The van der Waals surface area contributed by atoms with Crippen molar-refractivity contribution in [2.45, 2.75) is 25.5 Å². The number of hydrogen-bond acceptors (Lipinski definition) is 4. The van der Waals surface area contributed by atoms with Gasteiger partial charge in [0.15, 0.2) is 0 Å². The lowest BCUT2D eigenvalue weighted by molar-refractivity contribution is 0.0660. The first-order valence-corrected chi connectivity index (χ1v) is 8.90. The molecule has 1 aromatic carbocycles. The Kier molecular flexibility index (Phi) is 6.40. The number of aryl methyl sites for hydroxylation is 1. The second-order valence-corrected chi connectivity index (χ2v) is 6.80. The fourth-order valence-electron chi connectivity index (χ4n) is 1.99. The Labute approximate surface area is 137 Å². The molecule has 0 amide bonds. The van der Waals surface area contributed by atoms with Crippen molar-refractivity contribution in [1.29, 1.82) is 0 Å². The van der Waals surface area contributed by atoms with E-state index in [1.807, 2.05) is 31.2 Å². The van der Waals surface area contributed by atoms with E-state index >= 15 is 0 Å². The minimum absolute atomic E-state index is 0.122. The molecule has 0 radical (unpaired) electrons. The maximum Gasteiger partial charge on any atom is 0.371 e. The summed E-state index contributed by atoms with van der Waals surface area (Å²) in [5, 5.41) is 8.76. The van der Waals surface area contributed by atoms with Crippen LogP contribution in [0.15, 0.2) is 40.8 Å². The van der Waals surface area contributed by atoms with Gasteiger partial charge in [0.2, 0.25) is 5.76 Å². The average Bonchev–Trinajstić information content (AvgIpc) is 2.97. The van der Waals surface area contributed by atoms with E-state index < -0.39 is 16.8 Å². The van der Waals surface area contributed by atoms with Crippen LogP contribution in [-0.4, -0.2) is 27.6 Å². The SMILES string of the molecule is Cc1ccc(OCCCCS(=O)Cc2ccc(C(=O)O)o2)cc1. The highest BCUT2D eigenvalue weighted by Crippen LogP contribution is 2.13. The number of ether oxygens (including phenoxy) is 1. The highest BCUT2D eigenvalue weighted by molar-refractivity contribution is 7.84. The van der Waals surface area contributed by atoms with E-state index in [0.717, 1.165) is 18.6 Å². The van der Waals surface area contributed by atoms with Crippen molar-refractivity contribution in [3.8, 4) is 5.75 Å². The monoisotopic (exact) mass is 336 g/mol. The van der Waals surface area contributed by atoms with Gasteiger partial charge < -0.3 is 14.3 Å². The standard InChI is InChI=1S/C17H20O5S/c1-13-4-6-14(7-5-13)21-10-2-3-11-23(20)12-15-8-9-16(22-15)17(18)19/h4-9H,2-3,10-12H2,1H3,(H,18,19). The van der Waals surface area contributed by atoms with E-state index in [1.165, 1.54) is 11.6 Å². The summed E-state index contributed by atoms with van der Waals surface area (Å²) in [7, 11) is -1.06. The lowest BCUT2D eigenvalue weighted by atomic mass is 10.2. The second kappa shape index (κ2) is 8.53. The molecule has 5 nitrogen and oxygen atoms in total. The van der Waals surface area contributed by atoms with Gasteiger partial charge in [0.1, 0.15) is 11.5 Å². The molecule has 2 aromatic rings. The van der Waals surface area contributed by atoms with E-state index in [9.17, 15) is 9.00 Å². The van der Waals surface area contributed by atoms with E-state index in [1.54, 1.807) is 6.07 Å². The minimum atomic E-state index is -1.12. The van der Waals surface area contributed by atoms with Crippen molar-refractivity contribution in [3.63, 3.8) is 0 Å². The van der Waals surface area contributed by atoms with E-state index in [2.05, 4.69) is 0 Å². The number of hydrogen-bond donors (Lipinski definition) is 1. The molecule has 6 heteroatoms. The predicted molar refractivity (Wildman–Crippen MR) is 88.3 cm³/mol. The van der Waals surface area contributed by atoms with E-state index in [-0.39, 0.29) is 11.5 Å². The summed E-state index contributed by atoms with van der Waals surface area (Å²) >= 11 is 0. The van der Waals surface area contributed by atoms with Crippen LogP contribution in [0.5, 0.6) is 5.75 Å². The van der Waals surface area contributed by atoms with E-state index in [4.69, 9.17) is 14.3 Å². The van der Waals surface area contributed by atoms with Gasteiger partial charge in [-0.1, -0.05) is 17.7 Å². The van der Waals surface area contributed by atoms with Gasteiger partial charge in [0.25, 0.3) is 0 Å². The Bertz CT molecular complexity index is 660. The first-order valence-electron chi connectivity index (χ1n) is 7.41. The van der Waals surface area contributed by atoms with Crippen LogP contribution in [0.25, 0.3) is 0 Å². The molecule has 0 bridgehead atoms. The number of benzene rings is 1. The Balaban J connectivity index is 1.62. The molecule has 1 N–H and O–H groups in total. The van der Waals surface area contributed by atoms with Crippen LogP contribution in [0.1, 0.15) is 34.7 Å². The summed E-state index contributed by atoms with van der Waals surface area (Å²) in [6.45, 7) is 2.61. The lowest BCUT2D eigenvalue weighted by Crippen LogP contribution is -2.04. The zero-order valence-electron chi connectivity index (χ0n) is 13.0. The number of carboxylic acid groups (broad SMARTS) is 1. The lowest BCUT2D eigenvalue weighted by Gasteiger charge is -2.06. The summed E-state index contributed by atoms with van der Waals surface area (Å²) in [4.78, 5) is 10.7.